The smallest absolute Gasteiger partial charge is 0.138 e. The van der Waals surface area contributed by atoms with E-state index in [1.165, 1.54) is 27.6 Å². The molecule has 0 aliphatic carbocycles. The summed E-state index contributed by atoms with van der Waals surface area (Å²) in [6.45, 7) is 15.1. The molecule has 0 amide bonds. The van der Waals surface area contributed by atoms with Gasteiger partial charge in [0.25, 0.3) is 0 Å². The van der Waals surface area contributed by atoms with Gasteiger partial charge in [0.2, 0.25) is 0 Å². The highest BCUT2D eigenvalue weighted by Crippen LogP contribution is 2.36. The van der Waals surface area contributed by atoms with E-state index >= 15 is 0 Å². The van der Waals surface area contributed by atoms with E-state index in [9.17, 15) is 0 Å². The number of hydrogen-bond acceptors (Lipinski definition) is 2. The van der Waals surface area contributed by atoms with E-state index in [1.807, 2.05) is 0 Å². The summed E-state index contributed by atoms with van der Waals surface area (Å²) in [6, 6.07) is 2.28. The molecule has 0 fully saturated rings. The Morgan fingerprint density at radius 2 is 1.85 bits per heavy atom. The van der Waals surface area contributed by atoms with Crippen LogP contribution in [0.5, 0.6) is 0 Å². The molecular formula is C18H27NO. The van der Waals surface area contributed by atoms with E-state index < -0.39 is 0 Å². The van der Waals surface area contributed by atoms with Crippen molar-refractivity contribution in [1.29, 1.82) is 0 Å². The van der Waals surface area contributed by atoms with Gasteiger partial charge in [0.1, 0.15) is 11.3 Å². The Morgan fingerprint density at radius 3 is 2.45 bits per heavy atom. The minimum atomic E-state index is 0.482. The molecule has 0 bridgehead atoms. The summed E-state index contributed by atoms with van der Waals surface area (Å²) in [5, 5.41) is 4.80. The number of aryl methyl sites for hydroxylation is 3. The maximum Gasteiger partial charge on any atom is 0.138 e. The van der Waals surface area contributed by atoms with E-state index in [-0.39, 0.29) is 0 Å². The van der Waals surface area contributed by atoms with Crippen LogP contribution in [-0.2, 0) is 6.54 Å². The van der Waals surface area contributed by atoms with Gasteiger partial charge in [0.15, 0.2) is 0 Å². The van der Waals surface area contributed by atoms with Crippen molar-refractivity contribution in [2.45, 2.75) is 60.4 Å². The van der Waals surface area contributed by atoms with Crippen molar-refractivity contribution in [3.63, 3.8) is 0 Å². The Morgan fingerprint density at radius 1 is 1.15 bits per heavy atom. The van der Waals surface area contributed by atoms with Crippen LogP contribution >= 0.6 is 0 Å². The molecule has 1 heterocycles. The second-order valence-corrected chi connectivity index (χ2v) is 6.11. The maximum absolute atomic E-state index is 6.24. The highest BCUT2D eigenvalue weighted by atomic mass is 16.3. The first kappa shape index (κ1) is 15.1. The summed E-state index contributed by atoms with van der Waals surface area (Å²) in [5.41, 5.74) is 6.38. The second-order valence-electron chi connectivity index (χ2n) is 6.11. The lowest BCUT2D eigenvalue weighted by Gasteiger charge is -2.09. The summed E-state index contributed by atoms with van der Waals surface area (Å²) in [7, 11) is 0. The second kappa shape index (κ2) is 6.01. The van der Waals surface area contributed by atoms with Crippen molar-refractivity contribution < 1.29 is 4.42 Å². The molecule has 0 aliphatic rings. The Hall–Kier alpha value is -1.28. The summed E-state index contributed by atoms with van der Waals surface area (Å²) in [5.74, 6) is 1.59. The first-order valence-electron chi connectivity index (χ1n) is 7.70. The van der Waals surface area contributed by atoms with Gasteiger partial charge in [0.05, 0.1) is 6.54 Å². The van der Waals surface area contributed by atoms with Gasteiger partial charge in [-0.1, -0.05) is 26.8 Å². The van der Waals surface area contributed by atoms with Gasteiger partial charge in [-0.3, -0.25) is 0 Å². The fourth-order valence-corrected chi connectivity index (χ4v) is 2.95. The Balaban J connectivity index is 2.60. The summed E-state index contributed by atoms with van der Waals surface area (Å²) in [6.07, 6.45) is 1.15. The van der Waals surface area contributed by atoms with Crippen molar-refractivity contribution in [2.75, 3.05) is 6.54 Å². The predicted molar refractivity (Wildman–Crippen MR) is 86.5 cm³/mol. The molecule has 0 spiro atoms. The van der Waals surface area contributed by atoms with Crippen LogP contribution in [0.3, 0.4) is 0 Å². The minimum Gasteiger partial charge on any atom is -0.459 e. The first-order chi connectivity index (χ1) is 9.47. The number of fused-ring (bicyclic) bond motifs is 1. The van der Waals surface area contributed by atoms with Crippen LogP contribution in [0.2, 0.25) is 0 Å². The molecule has 0 radical (unpaired) electrons. The molecule has 1 aromatic heterocycles. The van der Waals surface area contributed by atoms with Crippen LogP contribution in [0.15, 0.2) is 10.5 Å². The molecule has 0 saturated carbocycles. The predicted octanol–water partition coefficient (Wildman–Crippen LogP) is 4.98. The molecule has 0 atom stereocenters. The molecule has 1 N–H and O–H groups in total. The molecule has 2 aromatic rings. The molecule has 1 aromatic carbocycles. The van der Waals surface area contributed by atoms with E-state index in [0.717, 1.165) is 30.9 Å². The van der Waals surface area contributed by atoms with Crippen LogP contribution in [0.25, 0.3) is 11.0 Å². The lowest BCUT2D eigenvalue weighted by Crippen LogP contribution is -2.14. The minimum absolute atomic E-state index is 0.482. The van der Waals surface area contributed by atoms with Crippen molar-refractivity contribution in [2.24, 2.45) is 0 Å². The summed E-state index contributed by atoms with van der Waals surface area (Å²) < 4.78 is 6.24. The maximum atomic E-state index is 6.24. The number of hydrogen-bond donors (Lipinski definition) is 1. The van der Waals surface area contributed by atoms with Gasteiger partial charge < -0.3 is 9.73 Å². The highest BCUT2D eigenvalue weighted by Gasteiger charge is 2.20. The zero-order valence-electron chi connectivity index (χ0n) is 13.7. The largest absolute Gasteiger partial charge is 0.459 e. The number of furan rings is 1. The van der Waals surface area contributed by atoms with E-state index in [0.29, 0.717) is 5.92 Å². The molecule has 110 valence electrons. The van der Waals surface area contributed by atoms with E-state index in [4.69, 9.17) is 4.42 Å². The zero-order chi connectivity index (χ0) is 14.9. The lowest BCUT2D eigenvalue weighted by atomic mass is 9.94. The van der Waals surface area contributed by atoms with Crippen molar-refractivity contribution in [1.82, 2.24) is 5.32 Å². The number of nitrogens with one attached hydrogen (secondary N) is 1. The molecule has 0 unspecified atom stereocenters. The van der Waals surface area contributed by atoms with Crippen LogP contribution in [0.4, 0.5) is 0 Å². The lowest BCUT2D eigenvalue weighted by molar-refractivity contribution is 0.503. The third kappa shape index (κ3) is 2.62. The van der Waals surface area contributed by atoms with Gasteiger partial charge in [0, 0.05) is 10.9 Å². The van der Waals surface area contributed by atoms with Gasteiger partial charge in [-0.25, -0.2) is 0 Å². The molecule has 2 heteroatoms. The summed E-state index contributed by atoms with van der Waals surface area (Å²) >= 11 is 0. The Kier molecular flexibility index (Phi) is 4.54. The third-order valence-corrected chi connectivity index (χ3v) is 4.07. The van der Waals surface area contributed by atoms with Crippen molar-refractivity contribution >= 4 is 11.0 Å². The van der Waals surface area contributed by atoms with Crippen LogP contribution in [0.1, 0.15) is 61.1 Å². The van der Waals surface area contributed by atoms with Crippen molar-refractivity contribution in [3.8, 4) is 0 Å². The standard InChI is InChI=1S/C18H27NO/c1-7-8-19-10-15-16(11(2)3)17-13(5)9-12(4)14(6)18(17)20-15/h9,11,19H,7-8,10H2,1-6H3. The molecule has 0 saturated heterocycles. The van der Waals surface area contributed by atoms with Crippen LogP contribution < -0.4 is 5.32 Å². The fraction of sp³-hybridized carbons (Fsp3) is 0.556. The van der Waals surface area contributed by atoms with Gasteiger partial charge >= 0.3 is 0 Å². The van der Waals surface area contributed by atoms with Crippen molar-refractivity contribution in [3.05, 3.63) is 34.1 Å². The average molecular weight is 273 g/mol. The Labute approximate surface area is 122 Å². The monoisotopic (exact) mass is 273 g/mol. The molecule has 2 nitrogen and oxygen atoms in total. The number of benzene rings is 1. The molecule has 2 rings (SSSR count). The van der Waals surface area contributed by atoms with Crippen LogP contribution in [0, 0.1) is 20.8 Å². The highest BCUT2D eigenvalue weighted by molar-refractivity contribution is 5.89. The number of rotatable bonds is 5. The SMILES string of the molecule is CCCNCc1oc2c(C)c(C)cc(C)c2c1C(C)C. The average Bonchev–Trinajstić information content (AvgIpc) is 2.76. The molecular weight excluding hydrogens is 246 g/mol. The fourth-order valence-electron chi connectivity index (χ4n) is 2.95. The topological polar surface area (TPSA) is 25.2 Å². The Bertz CT molecular complexity index is 608. The van der Waals surface area contributed by atoms with Crippen LogP contribution in [-0.4, -0.2) is 6.54 Å². The third-order valence-electron chi connectivity index (χ3n) is 4.07. The summed E-state index contributed by atoms with van der Waals surface area (Å²) in [4.78, 5) is 0. The van der Waals surface area contributed by atoms with E-state index in [1.54, 1.807) is 0 Å². The normalized spacial score (nSPS) is 11.8. The van der Waals surface area contributed by atoms with Gasteiger partial charge in [-0.15, -0.1) is 0 Å². The van der Waals surface area contributed by atoms with Gasteiger partial charge in [-0.05, 0) is 56.3 Å². The molecule has 20 heavy (non-hydrogen) atoms. The molecule has 0 aliphatic heterocycles. The van der Waals surface area contributed by atoms with Gasteiger partial charge in [-0.2, -0.15) is 0 Å². The van der Waals surface area contributed by atoms with E-state index in [2.05, 4.69) is 52.9 Å². The zero-order valence-corrected chi connectivity index (χ0v) is 13.7. The first-order valence-corrected chi connectivity index (χ1v) is 7.70. The quantitative estimate of drug-likeness (QED) is 0.777.